The summed E-state index contributed by atoms with van der Waals surface area (Å²) < 4.78 is 36.9. The molecule has 84 valence electrons. The van der Waals surface area contributed by atoms with Gasteiger partial charge in [0.25, 0.3) is 5.69 Å². The molecule has 0 saturated carbocycles. The van der Waals surface area contributed by atoms with Gasteiger partial charge >= 0.3 is 6.18 Å². The van der Waals surface area contributed by atoms with Crippen molar-refractivity contribution in [3.63, 3.8) is 0 Å². The van der Waals surface area contributed by atoms with Crippen molar-refractivity contribution in [3.8, 4) is 6.07 Å². The molecule has 0 fully saturated rings. The first-order valence-electron chi connectivity index (χ1n) is 3.93. The van der Waals surface area contributed by atoms with Gasteiger partial charge in [-0.3, -0.25) is 10.1 Å². The van der Waals surface area contributed by atoms with Gasteiger partial charge in [0.1, 0.15) is 0 Å². The molecule has 16 heavy (non-hydrogen) atoms. The first kappa shape index (κ1) is 11.9. The van der Waals surface area contributed by atoms with E-state index in [4.69, 9.17) is 5.26 Å². The molecule has 5 nitrogen and oxygen atoms in total. The monoisotopic (exact) mass is 231 g/mol. The molecule has 1 aromatic heterocycles. The number of aromatic nitrogens is 1. The van der Waals surface area contributed by atoms with Gasteiger partial charge in [-0.05, 0) is 5.56 Å². The van der Waals surface area contributed by atoms with E-state index in [1.54, 1.807) is 6.07 Å². The van der Waals surface area contributed by atoms with E-state index in [9.17, 15) is 23.3 Å². The molecule has 0 aliphatic carbocycles. The van der Waals surface area contributed by atoms with E-state index >= 15 is 0 Å². The van der Waals surface area contributed by atoms with E-state index in [1.165, 1.54) is 0 Å². The van der Waals surface area contributed by atoms with Gasteiger partial charge in [-0.25, -0.2) is 4.98 Å². The molecule has 0 N–H and O–H groups in total. The first-order valence-corrected chi connectivity index (χ1v) is 3.93. The van der Waals surface area contributed by atoms with Crippen molar-refractivity contribution in [2.45, 2.75) is 12.6 Å². The van der Waals surface area contributed by atoms with Gasteiger partial charge in [-0.1, -0.05) is 0 Å². The van der Waals surface area contributed by atoms with Crippen LogP contribution in [0, 0.1) is 21.4 Å². The normalized spacial score (nSPS) is 10.9. The summed E-state index contributed by atoms with van der Waals surface area (Å²) in [5.74, 6) is 0. The SMILES string of the molecule is N#CCc1cnc(C(F)(F)F)c([N+](=O)[O-])c1. The predicted molar refractivity (Wildman–Crippen MR) is 45.2 cm³/mol. The van der Waals surface area contributed by atoms with Crippen LogP contribution in [0.3, 0.4) is 0 Å². The second-order valence-corrected chi connectivity index (χ2v) is 2.80. The van der Waals surface area contributed by atoms with E-state index in [-0.39, 0.29) is 12.0 Å². The van der Waals surface area contributed by atoms with Gasteiger partial charge in [0, 0.05) is 12.3 Å². The van der Waals surface area contributed by atoms with Crippen molar-refractivity contribution in [1.82, 2.24) is 4.98 Å². The molecule has 0 spiro atoms. The average Bonchev–Trinajstić information content (AvgIpc) is 2.16. The van der Waals surface area contributed by atoms with Crippen molar-refractivity contribution in [3.05, 3.63) is 33.6 Å². The van der Waals surface area contributed by atoms with E-state index in [2.05, 4.69) is 4.98 Å². The number of hydrogen-bond acceptors (Lipinski definition) is 4. The van der Waals surface area contributed by atoms with Crippen LogP contribution in [0.15, 0.2) is 12.3 Å². The fraction of sp³-hybridized carbons (Fsp3) is 0.250. The number of nitriles is 1. The van der Waals surface area contributed by atoms with Gasteiger partial charge in [-0.2, -0.15) is 18.4 Å². The summed E-state index contributed by atoms with van der Waals surface area (Å²) in [6.45, 7) is 0. The summed E-state index contributed by atoms with van der Waals surface area (Å²) in [7, 11) is 0. The third kappa shape index (κ3) is 2.44. The van der Waals surface area contributed by atoms with Crippen molar-refractivity contribution in [1.29, 1.82) is 5.26 Å². The number of nitrogens with zero attached hydrogens (tertiary/aromatic N) is 3. The van der Waals surface area contributed by atoms with E-state index in [1.807, 2.05) is 0 Å². The number of nitro groups is 1. The Labute approximate surface area is 87.3 Å². The van der Waals surface area contributed by atoms with E-state index in [0.29, 0.717) is 6.07 Å². The van der Waals surface area contributed by atoms with Crippen LogP contribution in [0.2, 0.25) is 0 Å². The highest BCUT2D eigenvalue weighted by Crippen LogP contribution is 2.34. The Hall–Kier alpha value is -2.17. The highest BCUT2D eigenvalue weighted by Gasteiger charge is 2.40. The van der Waals surface area contributed by atoms with Crippen LogP contribution < -0.4 is 0 Å². The lowest BCUT2D eigenvalue weighted by Gasteiger charge is -2.06. The number of halogens is 3. The van der Waals surface area contributed by atoms with Gasteiger partial charge in [0.05, 0.1) is 17.4 Å². The number of rotatable bonds is 2. The van der Waals surface area contributed by atoms with Gasteiger partial charge in [0.2, 0.25) is 5.69 Å². The molecule has 0 unspecified atom stereocenters. The van der Waals surface area contributed by atoms with Gasteiger partial charge in [0.15, 0.2) is 0 Å². The first-order chi connectivity index (χ1) is 7.36. The van der Waals surface area contributed by atoms with E-state index in [0.717, 1.165) is 6.20 Å². The predicted octanol–water partition coefficient (Wildman–Crippen LogP) is 2.07. The molecule has 0 bridgehead atoms. The minimum absolute atomic E-state index is 0.0715. The standard InChI is InChI=1S/C8H4F3N3O2/c9-8(10,11)7-6(14(15)16)3-5(1-2-12)4-13-7/h3-4H,1H2. The molecule has 0 aliphatic rings. The second-order valence-electron chi connectivity index (χ2n) is 2.80. The lowest BCUT2D eigenvalue weighted by molar-refractivity contribution is -0.388. The molecule has 1 rings (SSSR count). The van der Waals surface area contributed by atoms with Crippen molar-refractivity contribution < 1.29 is 18.1 Å². The minimum Gasteiger partial charge on any atom is -0.258 e. The number of alkyl halides is 3. The molecule has 0 atom stereocenters. The Morgan fingerprint density at radius 3 is 2.62 bits per heavy atom. The molecule has 0 saturated heterocycles. The zero-order chi connectivity index (χ0) is 12.3. The molecule has 0 amide bonds. The van der Waals surface area contributed by atoms with E-state index < -0.39 is 22.5 Å². The Bertz CT molecular complexity index is 465. The zero-order valence-electron chi connectivity index (χ0n) is 7.65. The molecule has 1 aromatic rings. The van der Waals surface area contributed by atoms with Crippen molar-refractivity contribution in [2.24, 2.45) is 0 Å². The third-order valence-corrected chi connectivity index (χ3v) is 1.67. The molecule has 0 radical (unpaired) electrons. The fourth-order valence-corrected chi connectivity index (χ4v) is 1.04. The summed E-state index contributed by atoms with van der Waals surface area (Å²) in [5, 5.41) is 18.7. The maximum atomic E-state index is 12.3. The quantitative estimate of drug-likeness (QED) is 0.576. The van der Waals surface area contributed by atoms with Crippen molar-refractivity contribution in [2.75, 3.05) is 0 Å². The Balaban J connectivity index is 3.32. The molecular weight excluding hydrogens is 227 g/mol. The second kappa shape index (κ2) is 4.14. The number of hydrogen-bond donors (Lipinski definition) is 0. The van der Waals surface area contributed by atoms with Crippen molar-refractivity contribution >= 4 is 5.69 Å². The number of pyridine rings is 1. The largest absolute Gasteiger partial charge is 0.440 e. The molecule has 8 heteroatoms. The Morgan fingerprint density at radius 1 is 1.56 bits per heavy atom. The fourth-order valence-electron chi connectivity index (χ4n) is 1.04. The van der Waals surface area contributed by atoms with Crippen LogP contribution in [-0.4, -0.2) is 9.91 Å². The van der Waals surface area contributed by atoms with Crippen LogP contribution >= 0.6 is 0 Å². The highest BCUT2D eigenvalue weighted by atomic mass is 19.4. The molecule has 1 heterocycles. The average molecular weight is 231 g/mol. The van der Waals surface area contributed by atoms with Crippen LogP contribution in [0.5, 0.6) is 0 Å². The van der Waals surface area contributed by atoms with Gasteiger partial charge in [-0.15, -0.1) is 0 Å². The van der Waals surface area contributed by atoms with Gasteiger partial charge < -0.3 is 0 Å². The minimum atomic E-state index is -4.88. The van der Waals surface area contributed by atoms with Crippen LogP contribution in [-0.2, 0) is 12.6 Å². The molecule has 0 aliphatic heterocycles. The Kier molecular flexibility index (Phi) is 3.08. The Morgan fingerprint density at radius 2 is 2.19 bits per heavy atom. The lowest BCUT2D eigenvalue weighted by Crippen LogP contribution is -2.12. The van der Waals surface area contributed by atoms with Crippen LogP contribution in [0.25, 0.3) is 0 Å². The zero-order valence-corrected chi connectivity index (χ0v) is 7.65. The summed E-state index contributed by atoms with van der Waals surface area (Å²) >= 11 is 0. The maximum absolute atomic E-state index is 12.3. The summed E-state index contributed by atoms with van der Waals surface area (Å²) in [6.07, 6.45) is -4.31. The topological polar surface area (TPSA) is 79.8 Å². The molecule has 0 aromatic carbocycles. The smallest absolute Gasteiger partial charge is 0.258 e. The summed E-state index contributed by atoms with van der Waals surface area (Å²) in [4.78, 5) is 12.2. The summed E-state index contributed by atoms with van der Waals surface area (Å²) in [6, 6.07) is 2.37. The van der Waals surface area contributed by atoms with Crippen LogP contribution in [0.4, 0.5) is 18.9 Å². The third-order valence-electron chi connectivity index (χ3n) is 1.67. The molecular formula is C8H4F3N3O2. The highest BCUT2D eigenvalue weighted by molar-refractivity contribution is 5.40. The van der Waals surface area contributed by atoms with Crippen LogP contribution in [0.1, 0.15) is 11.3 Å². The maximum Gasteiger partial charge on any atom is 0.440 e. The summed E-state index contributed by atoms with van der Waals surface area (Å²) in [5.41, 5.74) is -2.62. The lowest BCUT2D eigenvalue weighted by atomic mass is 10.2.